The summed E-state index contributed by atoms with van der Waals surface area (Å²) in [6.45, 7) is 0.519. The van der Waals surface area contributed by atoms with E-state index in [1.165, 1.54) is 0 Å². The molecule has 0 atom stereocenters. The molecule has 3 rings (SSSR count). The van der Waals surface area contributed by atoms with Crippen LogP contribution in [0.25, 0.3) is 0 Å². The molecule has 2 aromatic rings. The summed E-state index contributed by atoms with van der Waals surface area (Å²) in [5.41, 5.74) is 1.69. The van der Waals surface area contributed by atoms with Crippen molar-refractivity contribution >= 4 is 29.1 Å². The van der Waals surface area contributed by atoms with Crippen LogP contribution in [0.5, 0.6) is 0 Å². The third-order valence-corrected chi connectivity index (χ3v) is 5.16. The fraction of sp³-hybridized carbons (Fsp3) is 0.316. The molecule has 0 unspecified atom stereocenters. The van der Waals surface area contributed by atoms with Crippen molar-refractivity contribution in [2.24, 2.45) is 0 Å². The van der Waals surface area contributed by atoms with Gasteiger partial charge in [0.05, 0.1) is 5.41 Å². The van der Waals surface area contributed by atoms with E-state index in [0.29, 0.717) is 16.6 Å². The maximum atomic E-state index is 12.9. The van der Waals surface area contributed by atoms with Gasteiger partial charge in [-0.1, -0.05) is 60.3 Å². The van der Waals surface area contributed by atoms with E-state index in [0.717, 1.165) is 36.8 Å². The Morgan fingerprint density at radius 2 is 1.43 bits per heavy atom. The molecule has 1 N–H and O–H groups in total. The molecule has 0 aromatic heterocycles. The number of benzene rings is 2. The summed E-state index contributed by atoms with van der Waals surface area (Å²) in [5.74, 6) is 0.104. The SMILES string of the molecule is O=C(NCc1ccc(Cl)cc1)C1(c2ccc(Cl)cc2)CCCC1. The summed E-state index contributed by atoms with van der Waals surface area (Å²) in [5, 5.41) is 4.50. The van der Waals surface area contributed by atoms with Crippen molar-refractivity contribution in [2.75, 3.05) is 0 Å². The minimum atomic E-state index is -0.420. The Kier molecular flexibility index (Phi) is 4.93. The van der Waals surface area contributed by atoms with E-state index in [1.807, 2.05) is 48.5 Å². The Morgan fingerprint density at radius 1 is 0.913 bits per heavy atom. The topological polar surface area (TPSA) is 29.1 Å². The molecular formula is C19H19Cl2NO. The third-order valence-electron chi connectivity index (χ3n) is 4.65. The smallest absolute Gasteiger partial charge is 0.230 e. The van der Waals surface area contributed by atoms with Crippen molar-refractivity contribution in [1.29, 1.82) is 0 Å². The summed E-state index contributed by atoms with van der Waals surface area (Å²) >= 11 is 11.9. The van der Waals surface area contributed by atoms with Crippen LogP contribution in [-0.4, -0.2) is 5.91 Å². The first-order chi connectivity index (χ1) is 11.1. The second kappa shape index (κ2) is 6.94. The zero-order chi connectivity index (χ0) is 16.3. The standard InChI is InChI=1S/C19H19Cl2NO/c20-16-7-3-14(4-8-16)13-22-18(23)19(11-1-2-12-19)15-5-9-17(21)10-6-15/h3-10H,1-2,11-13H2,(H,22,23). The lowest BCUT2D eigenvalue weighted by Gasteiger charge is -2.28. The predicted molar refractivity (Wildman–Crippen MR) is 94.9 cm³/mol. The molecule has 0 bridgehead atoms. The van der Waals surface area contributed by atoms with Crippen molar-refractivity contribution in [3.8, 4) is 0 Å². The lowest BCUT2D eigenvalue weighted by atomic mass is 9.78. The van der Waals surface area contributed by atoms with Gasteiger partial charge < -0.3 is 5.32 Å². The van der Waals surface area contributed by atoms with Gasteiger partial charge in [0.1, 0.15) is 0 Å². The first kappa shape index (κ1) is 16.4. The van der Waals surface area contributed by atoms with Crippen LogP contribution in [0.3, 0.4) is 0 Å². The van der Waals surface area contributed by atoms with Crippen LogP contribution in [0.2, 0.25) is 10.0 Å². The molecule has 0 heterocycles. The summed E-state index contributed by atoms with van der Waals surface area (Å²) in [6, 6.07) is 15.2. The fourth-order valence-electron chi connectivity index (χ4n) is 3.35. The van der Waals surface area contributed by atoms with Crippen LogP contribution in [-0.2, 0) is 16.8 Å². The molecule has 23 heavy (non-hydrogen) atoms. The average molecular weight is 348 g/mol. The van der Waals surface area contributed by atoms with E-state index in [-0.39, 0.29) is 5.91 Å². The van der Waals surface area contributed by atoms with Crippen LogP contribution in [0, 0.1) is 0 Å². The Bertz CT molecular complexity index is 674. The monoisotopic (exact) mass is 347 g/mol. The zero-order valence-electron chi connectivity index (χ0n) is 12.8. The molecule has 2 aromatic carbocycles. The molecular weight excluding hydrogens is 329 g/mol. The Morgan fingerprint density at radius 3 is 2.00 bits per heavy atom. The highest BCUT2D eigenvalue weighted by molar-refractivity contribution is 6.30. The van der Waals surface area contributed by atoms with Gasteiger partial charge in [-0.05, 0) is 48.2 Å². The zero-order valence-corrected chi connectivity index (χ0v) is 14.3. The van der Waals surface area contributed by atoms with Gasteiger partial charge >= 0.3 is 0 Å². The Balaban J connectivity index is 1.76. The normalized spacial score (nSPS) is 16.3. The summed E-state index contributed by atoms with van der Waals surface area (Å²) in [7, 11) is 0. The van der Waals surface area contributed by atoms with Crippen LogP contribution in [0.4, 0.5) is 0 Å². The van der Waals surface area contributed by atoms with Gasteiger partial charge in [0, 0.05) is 16.6 Å². The van der Waals surface area contributed by atoms with Crippen LogP contribution < -0.4 is 5.32 Å². The van der Waals surface area contributed by atoms with Gasteiger partial charge in [-0.25, -0.2) is 0 Å². The van der Waals surface area contributed by atoms with Crippen molar-refractivity contribution in [3.63, 3.8) is 0 Å². The fourth-order valence-corrected chi connectivity index (χ4v) is 3.60. The van der Waals surface area contributed by atoms with Gasteiger partial charge in [-0.15, -0.1) is 0 Å². The molecule has 4 heteroatoms. The van der Waals surface area contributed by atoms with Crippen molar-refractivity contribution in [3.05, 3.63) is 69.7 Å². The van der Waals surface area contributed by atoms with Crippen molar-refractivity contribution in [2.45, 2.75) is 37.6 Å². The number of carbonyl (C=O) groups excluding carboxylic acids is 1. The highest BCUT2D eigenvalue weighted by Crippen LogP contribution is 2.41. The van der Waals surface area contributed by atoms with Gasteiger partial charge in [0.2, 0.25) is 5.91 Å². The number of hydrogen-bond donors (Lipinski definition) is 1. The van der Waals surface area contributed by atoms with Crippen molar-refractivity contribution in [1.82, 2.24) is 5.32 Å². The highest BCUT2D eigenvalue weighted by atomic mass is 35.5. The van der Waals surface area contributed by atoms with E-state index < -0.39 is 5.41 Å². The average Bonchev–Trinajstić information content (AvgIpc) is 3.06. The number of hydrogen-bond acceptors (Lipinski definition) is 1. The molecule has 1 saturated carbocycles. The Hall–Kier alpha value is -1.51. The molecule has 1 aliphatic rings. The van der Waals surface area contributed by atoms with E-state index in [1.54, 1.807) is 0 Å². The Labute approximate surface area is 146 Å². The van der Waals surface area contributed by atoms with Gasteiger partial charge in [0.25, 0.3) is 0 Å². The number of amides is 1. The second-order valence-electron chi connectivity index (χ2n) is 6.11. The van der Waals surface area contributed by atoms with Crippen LogP contribution in [0.1, 0.15) is 36.8 Å². The summed E-state index contributed by atoms with van der Waals surface area (Å²) in [6.07, 6.45) is 3.94. The van der Waals surface area contributed by atoms with E-state index in [9.17, 15) is 4.79 Å². The molecule has 0 saturated heterocycles. The summed E-state index contributed by atoms with van der Waals surface area (Å²) in [4.78, 5) is 12.9. The molecule has 1 amide bonds. The van der Waals surface area contributed by atoms with Gasteiger partial charge in [-0.2, -0.15) is 0 Å². The number of carbonyl (C=O) groups is 1. The number of halogens is 2. The number of rotatable bonds is 4. The maximum absolute atomic E-state index is 12.9. The third kappa shape index (κ3) is 3.54. The molecule has 1 aliphatic carbocycles. The molecule has 1 fully saturated rings. The molecule has 0 spiro atoms. The largest absolute Gasteiger partial charge is 0.351 e. The molecule has 120 valence electrons. The van der Waals surface area contributed by atoms with Gasteiger partial charge in [0.15, 0.2) is 0 Å². The maximum Gasteiger partial charge on any atom is 0.230 e. The minimum absolute atomic E-state index is 0.104. The lowest BCUT2D eigenvalue weighted by molar-refractivity contribution is -0.126. The lowest BCUT2D eigenvalue weighted by Crippen LogP contribution is -2.42. The van der Waals surface area contributed by atoms with Crippen molar-refractivity contribution < 1.29 is 4.79 Å². The first-order valence-electron chi connectivity index (χ1n) is 7.89. The summed E-state index contributed by atoms with van der Waals surface area (Å²) < 4.78 is 0. The molecule has 0 radical (unpaired) electrons. The van der Waals surface area contributed by atoms with Crippen LogP contribution in [0.15, 0.2) is 48.5 Å². The molecule has 0 aliphatic heterocycles. The number of nitrogens with one attached hydrogen (secondary N) is 1. The predicted octanol–water partition coefficient (Wildman–Crippen LogP) is 5.12. The molecule has 2 nitrogen and oxygen atoms in total. The first-order valence-corrected chi connectivity index (χ1v) is 8.64. The van der Waals surface area contributed by atoms with Gasteiger partial charge in [-0.3, -0.25) is 4.79 Å². The highest BCUT2D eigenvalue weighted by Gasteiger charge is 2.42. The van der Waals surface area contributed by atoms with E-state index in [4.69, 9.17) is 23.2 Å². The van der Waals surface area contributed by atoms with E-state index >= 15 is 0 Å². The minimum Gasteiger partial charge on any atom is -0.351 e. The van der Waals surface area contributed by atoms with Crippen LogP contribution >= 0.6 is 23.2 Å². The quantitative estimate of drug-likeness (QED) is 0.816. The second-order valence-corrected chi connectivity index (χ2v) is 6.98. The van der Waals surface area contributed by atoms with E-state index in [2.05, 4.69) is 5.32 Å².